The van der Waals surface area contributed by atoms with Crippen molar-refractivity contribution >= 4 is 17.9 Å². The summed E-state index contributed by atoms with van der Waals surface area (Å²) in [5.41, 5.74) is 0. The molecule has 20 heavy (non-hydrogen) atoms. The molecule has 0 aliphatic rings. The lowest BCUT2D eigenvalue weighted by Crippen LogP contribution is -2.42. The number of amides is 3. The normalized spacial score (nSPS) is 12.7. The largest absolute Gasteiger partial charge is 0.481 e. The van der Waals surface area contributed by atoms with Crippen LogP contribution in [0.2, 0.25) is 0 Å². The van der Waals surface area contributed by atoms with Crippen LogP contribution in [0.1, 0.15) is 26.2 Å². The van der Waals surface area contributed by atoms with E-state index < -0.39 is 43.0 Å². The van der Waals surface area contributed by atoms with Crippen LogP contribution in [0.15, 0.2) is 0 Å². The summed E-state index contributed by atoms with van der Waals surface area (Å²) in [4.78, 5) is 33.9. The van der Waals surface area contributed by atoms with Gasteiger partial charge in [0.15, 0.2) is 0 Å². The van der Waals surface area contributed by atoms with E-state index in [-0.39, 0.29) is 12.8 Å². The number of carboxylic acids is 1. The summed E-state index contributed by atoms with van der Waals surface area (Å²) in [6, 6.07) is -0.943. The predicted octanol–water partition coefficient (Wildman–Crippen LogP) is 1.61. The number of urea groups is 1. The Morgan fingerprint density at radius 2 is 1.80 bits per heavy atom. The lowest BCUT2D eigenvalue weighted by molar-refractivity contribution is -0.138. The van der Waals surface area contributed by atoms with Gasteiger partial charge in [-0.3, -0.25) is 14.9 Å². The number of nitrogens with one attached hydrogen (secondary N) is 1. The molecule has 1 unspecified atom stereocenters. The Bertz CT molecular complexity index is 371. The summed E-state index contributed by atoms with van der Waals surface area (Å²) in [7, 11) is 1.13. The average molecular weight is 298 g/mol. The highest BCUT2D eigenvalue weighted by Crippen LogP contribution is 2.19. The molecule has 2 N–H and O–H groups in total. The first-order chi connectivity index (χ1) is 9.01. The molecule has 0 fully saturated rings. The molecule has 0 aliphatic carbocycles. The van der Waals surface area contributed by atoms with Crippen molar-refractivity contribution in [3.05, 3.63) is 0 Å². The van der Waals surface area contributed by atoms with Crippen LogP contribution in [0.3, 0.4) is 0 Å². The van der Waals surface area contributed by atoms with Gasteiger partial charge in [0.25, 0.3) is 0 Å². The summed E-state index contributed by atoms with van der Waals surface area (Å²) in [6.07, 6.45) is -5.97. The van der Waals surface area contributed by atoms with E-state index in [1.807, 2.05) is 5.32 Å². The van der Waals surface area contributed by atoms with Gasteiger partial charge < -0.3 is 10.0 Å². The third kappa shape index (κ3) is 9.17. The second-order valence-corrected chi connectivity index (χ2v) is 4.55. The van der Waals surface area contributed by atoms with Crippen molar-refractivity contribution in [1.82, 2.24) is 10.2 Å². The van der Waals surface area contributed by atoms with Gasteiger partial charge in [0.2, 0.25) is 5.91 Å². The van der Waals surface area contributed by atoms with Crippen LogP contribution >= 0.6 is 0 Å². The zero-order valence-electron chi connectivity index (χ0n) is 11.2. The number of carboxylic acid groups (broad SMARTS) is 1. The quantitative estimate of drug-likeness (QED) is 0.780. The second kappa shape index (κ2) is 7.71. The van der Waals surface area contributed by atoms with E-state index in [9.17, 15) is 27.6 Å². The average Bonchev–Trinajstić information content (AvgIpc) is 2.22. The second-order valence-electron chi connectivity index (χ2n) is 4.55. The van der Waals surface area contributed by atoms with Crippen LogP contribution in [-0.4, -0.2) is 47.7 Å². The Balaban J connectivity index is 4.12. The Morgan fingerprint density at radius 3 is 2.25 bits per heavy atom. The minimum atomic E-state index is -4.38. The van der Waals surface area contributed by atoms with Crippen molar-refractivity contribution in [3.63, 3.8) is 0 Å². The van der Waals surface area contributed by atoms with E-state index in [0.717, 1.165) is 11.9 Å². The minimum Gasteiger partial charge on any atom is -0.481 e. The monoisotopic (exact) mass is 298 g/mol. The molecule has 0 saturated carbocycles. The Hall–Kier alpha value is -1.80. The minimum absolute atomic E-state index is 0.189. The van der Waals surface area contributed by atoms with Crippen LogP contribution < -0.4 is 5.32 Å². The molecule has 1 atom stereocenters. The molecule has 116 valence electrons. The number of hydrogen-bond donors (Lipinski definition) is 2. The number of aliphatic carboxylic acids is 1. The number of nitrogens with zero attached hydrogens (tertiary/aromatic N) is 1. The topological polar surface area (TPSA) is 86.7 Å². The Labute approximate surface area is 113 Å². The zero-order chi connectivity index (χ0) is 15.9. The van der Waals surface area contributed by atoms with Gasteiger partial charge in [-0.2, -0.15) is 13.2 Å². The van der Waals surface area contributed by atoms with Gasteiger partial charge in [0.05, 0.1) is 6.42 Å². The van der Waals surface area contributed by atoms with Gasteiger partial charge in [-0.05, 0) is 5.92 Å². The fraction of sp³-hybridized carbons (Fsp3) is 0.727. The van der Waals surface area contributed by atoms with Gasteiger partial charge in [-0.1, -0.05) is 6.92 Å². The Morgan fingerprint density at radius 1 is 1.25 bits per heavy atom. The molecule has 0 rings (SSSR count). The highest BCUT2D eigenvalue weighted by molar-refractivity contribution is 5.94. The molecule has 0 radical (unpaired) electrons. The highest BCUT2D eigenvalue weighted by atomic mass is 19.4. The third-order valence-corrected chi connectivity index (χ3v) is 2.38. The summed E-state index contributed by atoms with van der Waals surface area (Å²) in [6.45, 7) is 0.957. The summed E-state index contributed by atoms with van der Waals surface area (Å²) in [5, 5.41) is 10.4. The first-order valence-electron chi connectivity index (χ1n) is 5.84. The van der Waals surface area contributed by atoms with E-state index in [2.05, 4.69) is 0 Å². The molecule has 3 amide bonds. The van der Waals surface area contributed by atoms with Gasteiger partial charge in [-0.25, -0.2) is 4.79 Å². The van der Waals surface area contributed by atoms with Crippen LogP contribution in [0.25, 0.3) is 0 Å². The molecule has 0 aliphatic heterocycles. The van der Waals surface area contributed by atoms with Gasteiger partial charge >= 0.3 is 18.2 Å². The number of rotatable bonds is 6. The third-order valence-electron chi connectivity index (χ3n) is 2.38. The number of hydrogen-bond acceptors (Lipinski definition) is 3. The molecule has 0 spiro atoms. The standard InChI is InChI=1S/C11H17F3N2O4/c1-7(6-9(18)19)5-8(17)15-10(20)16(2)4-3-11(12,13)14/h7H,3-6H2,1-2H3,(H,18,19)(H,15,17,20). The highest BCUT2D eigenvalue weighted by Gasteiger charge is 2.28. The number of alkyl halides is 3. The molecule has 0 aromatic carbocycles. The molecule has 0 heterocycles. The Kier molecular flexibility index (Phi) is 7.01. The smallest absolute Gasteiger partial charge is 0.390 e. The lowest BCUT2D eigenvalue weighted by Gasteiger charge is -2.18. The number of imide groups is 1. The first kappa shape index (κ1) is 18.2. The van der Waals surface area contributed by atoms with Crippen LogP contribution in [-0.2, 0) is 9.59 Å². The molecule has 0 aromatic heterocycles. The van der Waals surface area contributed by atoms with Crippen LogP contribution in [0.5, 0.6) is 0 Å². The molecular weight excluding hydrogens is 281 g/mol. The van der Waals surface area contributed by atoms with Gasteiger partial charge in [-0.15, -0.1) is 0 Å². The molecule has 0 aromatic rings. The van der Waals surface area contributed by atoms with Crippen LogP contribution in [0.4, 0.5) is 18.0 Å². The van der Waals surface area contributed by atoms with Crippen molar-refractivity contribution in [3.8, 4) is 0 Å². The summed E-state index contributed by atoms with van der Waals surface area (Å²) < 4.78 is 35.9. The number of halogens is 3. The maximum absolute atomic E-state index is 12.0. The van der Waals surface area contributed by atoms with E-state index in [1.54, 1.807) is 0 Å². The van der Waals surface area contributed by atoms with Crippen molar-refractivity contribution in [2.75, 3.05) is 13.6 Å². The molecular formula is C11H17F3N2O4. The number of carbonyl (C=O) groups is 3. The van der Waals surface area contributed by atoms with Crippen molar-refractivity contribution in [2.24, 2.45) is 5.92 Å². The molecule has 0 bridgehead atoms. The van der Waals surface area contributed by atoms with Gasteiger partial charge in [0, 0.05) is 26.4 Å². The van der Waals surface area contributed by atoms with E-state index >= 15 is 0 Å². The van der Waals surface area contributed by atoms with Crippen molar-refractivity contribution in [1.29, 1.82) is 0 Å². The fourth-order valence-electron chi connectivity index (χ4n) is 1.35. The molecule has 9 heteroatoms. The first-order valence-corrected chi connectivity index (χ1v) is 5.84. The van der Waals surface area contributed by atoms with E-state index in [0.29, 0.717) is 0 Å². The SMILES string of the molecule is CC(CC(=O)O)CC(=O)NC(=O)N(C)CCC(F)(F)F. The maximum Gasteiger partial charge on any atom is 0.390 e. The van der Waals surface area contributed by atoms with E-state index in [1.165, 1.54) is 6.92 Å². The molecule has 6 nitrogen and oxygen atoms in total. The number of carbonyl (C=O) groups excluding carboxylic acids is 2. The van der Waals surface area contributed by atoms with Crippen molar-refractivity contribution in [2.45, 2.75) is 32.4 Å². The van der Waals surface area contributed by atoms with Crippen molar-refractivity contribution < 1.29 is 32.7 Å². The van der Waals surface area contributed by atoms with Gasteiger partial charge in [0.1, 0.15) is 0 Å². The van der Waals surface area contributed by atoms with E-state index in [4.69, 9.17) is 5.11 Å². The summed E-state index contributed by atoms with van der Waals surface area (Å²) in [5.74, 6) is -2.26. The van der Waals surface area contributed by atoms with Crippen LogP contribution in [0, 0.1) is 5.92 Å². The molecule has 0 saturated heterocycles. The lowest BCUT2D eigenvalue weighted by atomic mass is 10.0. The summed E-state index contributed by atoms with van der Waals surface area (Å²) >= 11 is 0. The fourth-order valence-corrected chi connectivity index (χ4v) is 1.35. The zero-order valence-corrected chi connectivity index (χ0v) is 11.2. The maximum atomic E-state index is 12.0. The predicted molar refractivity (Wildman–Crippen MR) is 62.9 cm³/mol.